The first-order chi connectivity index (χ1) is 10.0. The van der Waals surface area contributed by atoms with Crippen LogP contribution in [0.4, 0.5) is 10.8 Å². The molecular weight excluding hydrogens is 294 g/mol. The highest BCUT2D eigenvalue weighted by Crippen LogP contribution is 2.20. The van der Waals surface area contributed by atoms with Crippen molar-refractivity contribution in [1.82, 2.24) is 9.55 Å². The minimum absolute atomic E-state index is 0.142. The summed E-state index contributed by atoms with van der Waals surface area (Å²) in [5.41, 5.74) is 5.30. The highest BCUT2D eigenvalue weighted by atomic mass is 32.1. The summed E-state index contributed by atoms with van der Waals surface area (Å²) in [5.74, 6) is 5.01. The fourth-order valence-electron chi connectivity index (χ4n) is 1.56. The summed E-state index contributed by atoms with van der Waals surface area (Å²) >= 11 is 1.20. The molecule has 0 aromatic carbocycles. The normalized spacial score (nSPS) is 9.81. The average molecular weight is 305 g/mol. The van der Waals surface area contributed by atoms with Gasteiger partial charge < -0.3 is 10.3 Å². The van der Waals surface area contributed by atoms with Crippen molar-refractivity contribution in [3.8, 4) is 11.8 Å². The van der Waals surface area contributed by atoms with Gasteiger partial charge in [-0.25, -0.2) is 4.98 Å². The molecule has 21 heavy (non-hydrogen) atoms. The number of carbonyl (C=O) groups is 1. The second kappa shape index (κ2) is 6.17. The summed E-state index contributed by atoms with van der Waals surface area (Å²) in [6.45, 7) is 0.243. The van der Waals surface area contributed by atoms with Crippen LogP contribution in [0.15, 0.2) is 18.5 Å². The number of carbonyl (C=O) groups excluding carboxylic acids is 1. The van der Waals surface area contributed by atoms with Gasteiger partial charge in [0.25, 0.3) is 11.6 Å². The minimum atomic E-state index is -0.555. The number of nitro groups is 1. The van der Waals surface area contributed by atoms with Gasteiger partial charge in [-0.2, -0.15) is 0 Å². The molecule has 0 aliphatic carbocycles. The van der Waals surface area contributed by atoms with Crippen molar-refractivity contribution >= 4 is 28.1 Å². The third-order valence-electron chi connectivity index (χ3n) is 2.47. The molecule has 0 unspecified atom stereocenters. The third-order valence-corrected chi connectivity index (χ3v) is 3.30. The molecule has 2 aromatic heterocycles. The summed E-state index contributed by atoms with van der Waals surface area (Å²) in [7, 11) is 1.56. The van der Waals surface area contributed by atoms with Gasteiger partial charge in [-0.3, -0.25) is 20.2 Å². The predicted molar refractivity (Wildman–Crippen MR) is 78.1 cm³/mol. The van der Waals surface area contributed by atoms with E-state index >= 15 is 0 Å². The molecule has 0 aliphatic rings. The maximum Gasteiger partial charge on any atom is 0.287 e. The number of rotatable bonds is 3. The Hall–Kier alpha value is -2.70. The smallest absolute Gasteiger partial charge is 0.287 e. The van der Waals surface area contributed by atoms with Gasteiger partial charge in [-0.15, -0.1) is 0 Å². The fraction of sp³-hybridized carbons (Fsp3) is 0.167. The van der Waals surface area contributed by atoms with Gasteiger partial charge in [0.2, 0.25) is 0 Å². The molecule has 3 N–H and O–H groups in total. The molecule has 2 rings (SSSR count). The van der Waals surface area contributed by atoms with Crippen molar-refractivity contribution in [2.75, 3.05) is 11.9 Å². The lowest BCUT2D eigenvalue weighted by Crippen LogP contribution is -2.14. The summed E-state index contributed by atoms with van der Waals surface area (Å²) < 4.78 is 1.39. The van der Waals surface area contributed by atoms with Gasteiger partial charge in [0.15, 0.2) is 5.13 Å². The Morgan fingerprint density at radius 1 is 1.67 bits per heavy atom. The zero-order chi connectivity index (χ0) is 15.4. The van der Waals surface area contributed by atoms with Crippen molar-refractivity contribution in [3.63, 3.8) is 0 Å². The van der Waals surface area contributed by atoms with E-state index in [4.69, 9.17) is 5.73 Å². The molecule has 0 fully saturated rings. The Kier molecular flexibility index (Phi) is 4.32. The topological polar surface area (TPSA) is 116 Å². The molecule has 8 nitrogen and oxygen atoms in total. The van der Waals surface area contributed by atoms with Crippen molar-refractivity contribution in [2.45, 2.75) is 0 Å². The van der Waals surface area contributed by atoms with Crippen molar-refractivity contribution < 1.29 is 9.72 Å². The van der Waals surface area contributed by atoms with Crippen molar-refractivity contribution in [2.24, 2.45) is 12.8 Å². The number of amides is 1. The standard InChI is InChI=1S/C12H11N5O3S/c1-16-7-8(17(19)20)5-10(16)11(18)15-12-14-6-9(21-12)3-2-4-13/h5-7H,4,13H2,1H3,(H,14,15,18). The van der Waals surface area contributed by atoms with Crippen LogP contribution < -0.4 is 11.1 Å². The number of thiazole rings is 1. The molecule has 0 spiro atoms. The SMILES string of the molecule is Cn1cc([N+](=O)[O-])cc1C(=O)Nc1ncc(C#CCN)s1. The van der Waals surface area contributed by atoms with E-state index in [9.17, 15) is 14.9 Å². The van der Waals surface area contributed by atoms with Crippen LogP contribution in [0.5, 0.6) is 0 Å². The Morgan fingerprint density at radius 3 is 3.05 bits per heavy atom. The number of hydrogen-bond donors (Lipinski definition) is 2. The second-order valence-electron chi connectivity index (χ2n) is 3.94. The second-order valence-corrected chi connectivity index (χ2v) is 4.97. The maximum atomic E-state index is 12.1. The van der Waals surface area contributed by atoms with Crippen LogP contribution in [-0.4, -0.2) is 26.9 Å². The summed E-state index contributed by atoms with van der Waals surface area (Å²) in [4.78, 5) is 26.9. The molecule has 0 atom stereocenters. The number of anilines is 1. The van der Waals surface area contributed by atoms with E-state index in [1.165, 1.54) is 34.4 Å². The van der Waals surface area contributed by atoms with Gasteiger partial charge in [0, 0.05) is 13.1 Å². The molecule has 9 heteroatoms. The van der Waals surface area contributed by atoms with E-state index in [2.05, 4.69) is 22.1 Å². The Bertz CT molecular complexity index is 753. The first kappa shape index (κ1) is 14.7. The number of hydrogen-bond acceptors (Lipinski definition) is 6. The number of aromatic nitrogens is 2. The monoisotopic (exact) mass is 305 g/mol. The average Bonchev–Trinajstić information content (AvgIpc) is 3.03. The van der Waals surface area contributed by atoms with E-state index < -0.39 is 10.8 Å². The number of nitrogens with zero attached hydrogens (tertiary/aromatic N) is 3. The minimum Gasteiger partial charge on any atom is -0.340 e. The fourth-order valence-corrected chi connectivity index (χ4v) is 2.25. The van der Waals surface area contributed by atoms with E-state index in [0.29, 0.717) is 10.0 Å². The van der Waals surface area contributed by atoms with Gasteiger partial charge in [0.1, 0.15) is 5.69 Å². The molecule has 0 bridgehead atoms. The molecule has 0 radical (unpaired) electrons. The number of nitrogens with two attached hydrogens (primary N) is 1. The first-order valence-electron chi connectivity index (χ1n) is 5.78. The summed E-state index contributed by atoms with van der Waals surface area (Å²) in [6, 6.07) is 1.21. The third kappa shape index (κ3) is 3.44. The largest absolute Gasteiger partial charge is 0.340 e. The van der Waals surface area contributed by atoms with Gasteiger partial charge in [-0.1, -0.05) is 23.2 Å². The van der Waals surface area contributed by atoms with Crippen LogP contribution in [-0.2, 0) is 7.05 Å². The van der Waals surface area contributed by atoms with Crippen molar-refractivity contribution in [3.05, 3.63) is 39.1 Å². The van der Waals surface area contributed by atoms with Gasteiger partial charge >= 0.3 is 0 Å². The van der Waals surface area contributed by atoms with Crippen LogP contribution in [0.1, 0.15) is 15.4 Å². The Morgan fingerprint density at radius 2 is 2.43 bits per heavy atom. The number of nitrogens with one attached hydrogen (secondary N) is 1. The number of aryl methyl sites for hydroxylation is 1. The molecule has 2 heterocycles. The maximum absolute atomic E-state index is 12.1. The molecule has 0 saturated heterocycles. The summed E-state index contributed by atoms with van der Waals surface area (Å²) in [5, 5.41) is 13.6. The molecule has 1 amide bonds. The Labute approximate surface area is 123 Å². The molecule has 0 aliphatic heterocycles. The van der Waals surface area contributed by atoms with Crippen LogP contribution in [0.3, 0.4) is 0 Å². The lowest BCUT2D eigenvalue weighted by atomic mass is 10.4. The van der Waals surface area contributed by atoms with Crippen LogP contribution >= 0.6 is 11.3 Å². The van der Waals surface area contributed by atoms with Crippen LogP contribution in [0, 0.1) is 22.0 Å². The highest BCUT2D eigenvalue weighted by molar-refractivity contribution is 7.16. The van der Waals surface area contributed by atoms with E-state index in [1.54, 1.807) is 7.05 Å². The zero-order valence-electron chi connectivity index (χ0n) is 11.0. The molecular formula is C12H11N5O3S. The lowest BCUT2D eigenvalue weighted by Gasteiger charge is -2.01. The highest BCUT2D eigenvalue weighted by Gasteiger charge is 2.18. The first-order valence-corrected chi connectivity index (χ1v) is 6.59. The van der Waals surface area contributed by atoms with Gasteiger partial charge in [0.05, 0.1) is 28.7 Å². The summed E-state index contributed by atoms with van der Waals surface area (Å²) in [6.07, 6.45) is 2.80. The predicted octanol–water partition coefficient (Wildman–Crippen LogP) is 0.952. The Balaban J connectivity index is 2.14. The molecule has 0 saturated carbocycles. The lowest BCUT2D eigenvalue weighted by molar-refractivity contribution is -0.384. The van der Waals surface area contributed by atoms with Gasteiger partial charge in [-0.05, 0) is 0 Å². The zero-order valence-corrected chi connectivity index (χ0v) is 11.8. The van der Waals surface area contributed by atoms with Crippen molar-refractivity contribution in [1.29, 1.82) is 0 Å². The molecule has 2 aromatic rings. The van der Waals surface area contributed by atoms with E-state index in [1.807, 2.05) is 0 Å². The quantitative estimate of drug-likeness (QED) is 0.497. The van der Waals surface area contributed by atoms with Crippen LogP contribution in [0.25, 0.3) is 0 Å². The van der Waals surface area contributed by atoms with Crippen LogP contribution in [0.2, 0.25) is 0 Å². The molecule has 108 valence electrons. The van der Waals surface area contributed by atoms with E-state index in [-0.39, 0.29) is 17.9 Å². The van der Waals surface area contributed by atoms with E-state index in [0.717, 1.165) is 0 Å².